The lowest BCUT2D eigenvalue weighted by Crippen LogP contribution is -2.36. The molecule has 74 valence electrons. The van der Waals surface area contributed by atoms with Crippen LogP contribution >= 0.6 is 0 Å². The molecule has 4 N–H and O–H groups in total. The molecule has 0 aromatic heterocycles. The normalized spacial score (nSPS) is 14.5. The van der Waals surface area contributed by atoms with Crippen LogP contribution in [0.3, 0.4) is 0 Å². The van der Waals surface area contributed by atoms with Crippen molar-refractivity contribution in [2.45, 2.75) is 12.5 Å². The van der Waals surface area contributed by atoms with Gasteiger partial charge in [-0.25, -0.2) is 4.79 Å². The molecule has 0 aliphatic rings. The highest BCUT2D eigenvalue weighted by molar-refractivity contribution is 5.85. The van der Waals surface area contributed by atoms with Gasteiger partial charge in [0, 0.05) is 0 Å². The number of aliphatic carboxylic acids is 3. The van der Waals surface area contributed by atoms with E-state index in [1.807, 2.05) is 0 Å². The fourth-order valence-electron chi connectivity index (χ4n) is 0.694. The highest BCUT2D eigenvalue weighted by Gasteiger charge is 2.33. The van der Waals surface area contributed by atoms with E-state index in [1.165, 1.54) is 0 Å². The van der Waals surface area contributed by atoms with Gasteiger partial charge in [-0.15, -0.1) is 0 Å². The van der Waals surface area contributed by atoms with Gasteiger partial charge in [-0.05, 0) is 0 Å². The van der Waals surface area contributed by atoms with Crippen LogP contribution in [0.2, 0.25) is 0 Å². The van der Waals surface area contributed by atoms with Crippen LogP contribution in [0.25, 0.3) is 0 Å². The average Bonchev–Trinajstić information content (AvgIpc) is 1.97. The molecule has 0 fully saturated rings. The van der Waals surface area contributed by atoms with Crippen LogP contribution in [-0.4, -0.2) is 44.4 Å². The Morgan fingerprint density at radius 1 is 1.00 bits per heavy atom. The second kappa shape index (κ2) is 4.41. The number of carboxylic acids is 3. The fourth-order valence-corrected chi connectivity index (χ4v) is 0.694. The minimum Gasteiger partial charge on any atom is -0.481 e. The highest BCUT2D eigenvalue weighted by atomic mass is 16.4. The van der Waals surface area contributed by atoms with E-state index in [0.29, 0.717) is 0 Å². The predicted molar refractivity (Wildman–Crippen MR) is 37.0 cm³/mol. The maximum atomic E-state index is 10.3. The summed E-state index contributed by atoms with van der Waals surface area (Å²) in [6.45, 7) is 0. The highest BCUT2D eigenvalue weighted by Crippen LogP contribution is 2.09. The lowest BCUT2D eigenvalue weighted by Gasteiger charge is -2.12. The largest absolute Gasteiger partial charge is 0.481 e. The number of hydrogen-bond donors (Lipinski definition) is 4. The van der Waals surface area contributed by atoms with E-state index >= 15 is 0 Å². The molecule has 0 saturated heterocycles. The van der Waals surface area contributed by atoms with Gasteiger partial charge in [0.2, 0.25) is 0 Å². The van der Waals surface area contributed by atoms with Crippen LogP contribution in [0.4, 0.5) is 0 Å². The van der Waals surface area contributed by atoms with E-state index in [2.05, 4.69) is 0 Å². The lowest BCUT2D eigenvalue weighted by atomic mass is 9.99. The molecule has 0 aromatic rings. The van der Waals surface area contributed by atoms with Gasteiger partial charge in [-0.1, -0.05) is 0 Å². The summed E-state index contributed by atoms with van der Waals surface area (Å²) in [7, 11) is 0. The Morgan fingerprint density at radius 3 is 1.69 bits per heavy atom. The van der Waals surface area contributed by atoms with Gasteiger partial charge in [-0.2, -0.15) is 0 Å². The van der Waals surface area contributed by atoms with Crippen LogP contribution in [0.1, 0.15) is 6.42 Å². The van der Waals surface area contributed by atoms with E-state index in [-0.39, 0.29) is 0 Å². The summed E-state index contributed by atoms with van der Waals surface area (Å²) in [5, 5.41) is 33.5. The lowest BCUT2D eigenvalue weighted by molar-refractivity contribution is -0.162. The van der Waals surface area contributed by atoms with Gasteiger partial charge in [0.1, 0.15) is 5.92 Å². The molecule has 0 radical (unpaired) electrons. The number of aliphatic hydroxyl groups excluding tert-OH is 1. The molecule has 0 aromatic carbocycles. The SMILES string of the molecule is O=C(O)C[C@@H](C(=O)O)[C@@H](O)C(=O)O. The second-order valence-corrected chi connectivity index (χ2v) is 2.33. The Morgan fingerprint density at radius 2 is 1.46 bits per heavy atom. The molecule has 0 aliphatic heterocycles. The Kier molecular flexibility index (Phi) is 3.86. The predicted octanol–water partition coefficient (Wildman–Crippen LogP) is -1.39. The van der Waals surface area contributed by atoms with Crippen LogP contribution in [-0.2, 0) is 14.4 Å². The average molecular weight is 192 g/mol. The zero-order valence-electron chi connectivity index (χ0n) is 6.38. The van der Waals surface area contributed by atoms with Crippen molar-refractivity contribution in [1.29, 1.82) is 0 Å². The first kappa shape index (κ1) is 11.4. The van der Waals surface area contributed by atoms with Gasteiger partial charge in [-0.3, -0.25) is 9.59 Å². The van der Waals surface area contributed by atoms with E-state index < -0.39 is 36.4 Å². The maximum Gasteiger partial charge on any atom is 0.333 e. The van der Waals surface area contributed by atoms with E-state index in [4.69, 9.17) is 20.4 Å². The minimum atomic E-state index is -2.20. The summed E-state index contributed by atoms with van der Waals surface area (Å²) in [6.07, 6.45) is -3.13. The number of aliphatic hydroxyl groups is 1. The number of hydrogen-bond acceptors (Lipinski definition) is 4. The molecule has 0 unspecified atom stereocenters. The van der Waals surface area contributed by atoms with E-state index in [0.717, 1.165) is 0 Å². The van der Waals surface area contributed by atoms with Crippen molar-refractivity contribution in [3.8, 4) is 0 Å². The maximum absolute atomic E-state index is 10.3. The second-order valence-electron chi connectivity index (χ2n) is 2.33. The monoisotopic (exact) mass is 192 g/mol. The molecule has 0 bridgehead atoms. The van der Waals surface area contributed by atoms with E-state index in [1.54, 1.807) is 0 Å². The first-order valence-corrected chi connectivity index (χ1v) is 3.21. The van der Waals surface area contributed by atoms with Crippen LogP contribution in [0.5, 0.6) is 0 Å². The van der Waals surface area contributed by atoms with Gasteiger partial charge in [0.15, 0.2) is 6.10 Å². The van der Waals surface area contributed by atoms with Crippen molar-refractivity contribution in [2.24, 2.45) is 5.92 Å². The van der Waals surface area contributed by atoms with Gasteiger partial charge in [0.25, 0.3) is 0 Å². The standard InChI is InChI=1S/C6H8O7/c7-3(8)1-2(5(10)11)4(9)6(12)13/h2,4,9H,1H2,(H,7,8)(H,10,11)(H,12,13)/t2-,4-/m1/s1. The number of carboxylic acid groups (broad SMARTS) is 3. The van der Waals surface area contributed by atoms with Crippen LogP contribution in [0, 0.1) is 5.92 Å². The van der Waals surface area contributed by atoms with Gasteiger partial charge >= 0.3 is 17.9 Å². The van der Waals surface area contributed by atoms with Crippen molar-refractivity contribution >= 4 is 17.9 Å². The molecule has 7 nitrogen and oxygen atoms in total. The Labute approximate surface area is 72.2 Å². The van der Waals surface area contributed by atoms with Crippen LogP contribution < -0.4 is 0 Å². The fraction of sp³-hybridized carbons (Fsp3) is 0.500. The summed E-state index contributed by atoms with van der Waals surface area (Å²) in [4.78, 5) is 30.5. The van der Waals surface area contributed by atoms with Crippen LogP contribution in [0.15, 0.2) is 0 Å². The third-order valence-corrected chi connectivity index (χ3v) is 1.35. The molecule has 2 atom stereocenters. The van der Waals surface area contributed by atoms with Crippen molar-refractivity contribution < 1.29 is 34.8 Å². The smallest absolute Gasteiger partial charge is 0.333 e. The molecule has 0 spiro atoms. The molecule has 7 heteroatoms. The molecule has 0 saturated carbocycles. The molecule has 0 heterocycles. The van der Waals surface area contributed by atoms with Crippen molar-refractivity contribution in [2.75, 3.05) is 0 Å². The Bertz CT molecular complexity index is 233. The van der Waals surface area contributed by atoms with Gasteiger partial charge in [0.05, 0.1) is 6.42 Å². The molecule has 13 heavy (non-hydrogen) atoms. The topological polar surface area (TPSA) is 132 Å². The molecular weight excluding hydrogens is 184 g/mol. The summed E-state index contributed by atoms with van der Waals surface area (Å²) in [5.74, 6) is -6.71. The number of rotatable bonds is 5. The first-order chi connectivity index (χ1) is 5.86. The van der Waals surface area contributed by atoms with E-state index in [9.17, 15) is 14.4 Å². The quantitative estimate of drug-likeness (QED) is 0.421. The zero-order valence-corrected chi connectivity index (χ0v) is 6.38. The summed E-state index contributed by atoms with van der Waals surface area (Å²) in [5.41, 5.74) is 0. The molecule has 0 amide bonds. The molecule has 0 aliphatic carbocycles. The summed E-state index contributed by atoms with van der Waals surface area (Å²) in [6, 6.07) is 0. The zero-order chi connectivity index (χ0) is 10.6. The number of carbonyl (C=O) groups is 3. The van der Waals surface area contributed by atoms with Crippen molar-refractivity contribution in [3.63, 3.8) is 0 Å². The van der Waals surface area contributed by atoms with Gasteiger partial charge < -0.3 is 20.4 Å². The van der Waals surface area contributed by atoms with Crippen molar-refractivity contribution in [3.05, 3.63) is 0 Å². The Balaban J connectivity index is 4.51. The third-order valence-electron chi connectivity index (χ3n) is 1.35. The molecular formula is C6H8O7. The summed E-state index contributed by atoms with van der Waals surface area (Å²) < 4.78 is 0. The Hall–Kier alpha value is -1.63. The van der Waals surface area contributed by atoms with Crippen molar-refractivity contribution in [1.82, 2.24) is 0 Å². The first-order valence-electron chi connectivity index (χ1n) is 3.21. The minimum absolute atomic E-state index is 0.928. The molecule has 0 rings (SSSR count). The third kappa shape index (κ3) is 3.52. The summed E-state index contributed by atoms with van der Waals surface area (Å²) >= 11 is 0.